The molecule has 0 aliphatic rings. The topological polar surface area (TPSA) is 39.8 Å². The number of unbranched alkanes of at least 4 members (excludes halogenated alkanes) is 1. The molecule has 0 radical (unpaired) electrons. The van der Waals surface area contributed by atoms with E-state index in [0.717, 1.165) is 13.1 Å². The number of aromatic amines is 1. The van der Waals surface area contributed by atoms with E-state index in [9.17, 15) is 0 Å². The second kappa shape index (κ2) is 5.56. The van der Waals surface area contributed by atoms with Crippen LogP contribution >= 0.6 is 0 Å². The molecule has 16 heavy (non-hydrogen) atoms. The Labute approximate surface area is 96.2 Å². The molecule has 0 amide bonds. The van der Waals surface area contributed by atoms with Crippen LogP contribution in [0.4, 0.5) is 5.69 Å². The Balaban J connectivity index is 1.89. The minimum Gasteiger partial charge on any atom is -0.383 e. The van der Waals surface area contributed by atoms with E-state index in [1.54, 1.807) is 0 Å². The molecule has 0 bridgehead atoms. The Hall–Kier alpha value is -1.48. The van der Waals surface area contributed by atoms with Gasteiger partial charge in [-0.3, -0.25) is 0 Å². The summed E-state index contributed by atoms with van der Waals surface area (Å²) in [6.45, 7) is 2.12. The lowest BCUT2D eigenvalue weighted by Gasteiger charge is -2.04. The molecule has 86 valence electrons. The number of fused-ring (bicyclic) bond motifs is 1. The third-order valence-electron chi connectivity index (χ3n) is 2.76. The van der Waals surface area contributed by atoms with Crippen LogP contribution in [0.5, 0.6) is 0 Å². The number of hydrogen-bond acceptors (Lipinski definition) is 2. The van der Waals surface area contributed by atoms with E-state index in [-0.39, 0.29) is 0 Å². The van der Waals surface area contributed by atoms with Gasteiger partial charge in [-0.25, -0.2) is 0 Å². The second-order valence-electron chi connectivity index (χ2n) is 3.99. The Morgan fingerprint density at radius 1 is 1.12 bits per heavy atom. The van der Waals surface area contributed by atoms with E-state index in [0.29, 0.717) is 0 Å². The standard InChI is InChI=1S/C13H19N3/c1-14-8-4-5-9-15-13-10-16-12-7-3-2-6-11(12)13/h2-3,6-7,10,14-16H,4-5,8-9H2,1H3. The molecule has 0 aliphatic heterocycles. The summed E-state index contributed by atoms with van der Waals surface area (Å²) >= 11 is 0. The van der Waals surface area contributed by atoms with Crippen molar-refractivity contribution >= 4 is 16.6 Å². The Morgan fingerprint density at radius 2 is 1.94 bits per heavy atom. The van der Waals surface area contributed by atoms with Crippen molar-refractivity contribution in [3.05, 3.63) is 30.5 Å². The first-order valence-corrected chi connectivity index (χ1v) is 5.86. The van der Waals surface area contributed by atoms with Crippen LogP contribution in [0.3, 0.4) is 0 Å². The molecule has 0 saturated heterocycles. The molecular weight excluding hydrogens is 198 g/mol. The molecule has 0 fully saturated rings. The first-order valence-electron chi connectivity index (χ1n) is 5.86. The van der Waals surface area contributed by atoms with Crippen molar-refractivity contribution in [3.63, 3.8) is 0 Å². The highest BCUT2D eigenvalue weighted by Crippen LogP contribution is 2.22. The number of aromatic nitrogens is 1. The first kappa shape index (κ1) is 11.0. The lowest BCUT2D eigenvalue weighted by atomic mass is 10.2. The summed E-state index contributed by atoms with van der Waals surface area (Å²) in [6, 6.07) is 8.36. The van der Waals surface area contributed by atoms with Gasteiger partial charge in [0.1, 0.15) is 0 Å². The van der Waals surface area contributed by atoms with Crippen molar-refractivity contribution in [2.75, 3.05) is 25.5 Å². The summed E-state index contributed by atoms with van der Waals surface area (Å²) in [4.78, 5) is 3.27. The quantitative estimate of drug-likeness (QED) is 0.651. The van der Waals surface area contributed by atoms with Gasteiger partial charge in [-0.15, -0.1) is 0 Å². The zero-order valence-electron chi connectivity index (χ0n) is 9.72. The predicted octanol–water partition coefficient (Wildman–Crippen LogP) is 2.58. The minimum atomic E-state index is 1.03. The van der Waals surface area contributed by atoms with Crippen LogP contribution in [0.2, 0.25) is 0 Å². The maximum atomic E-state index is 3.47. The molecule has 0 atom stereocenters. The molecule has 0 saturated carbocycles. The molecule has 3 N–H and O–H groups in total. The number of para-hydroxylation sites is 1. The molecule has 0 aliphatic carbocycles. The van der Waals surface area contributed by atoms with Crippen molar-refractivity contribution in [2.24, 2.45) is 0 Å². The smallest absolute Gasteiger partial charge is 0.0597 e. The van der Waals surface area contributed by atoms with E-state index in [1.165, 1.54) is 29.4 Å². The summed E-state index contributed by atoms with van der Waals surface area (Å²) in [7, 11) is 1.99. The van der Waals surface area contributed by atoms with Gasteiger partial charge < -0.3 is 15.6 Å². The van der Waals surface area contributed by atoms with Gasteiger partial charge in [-0.05, 0) is 32.5 Å². The van der Waals surface area contributed by atoms with Crippen LogP contribution in [0.15, 0.2) is 30.5 Å². The highest BCUT2D eigenvalue weighted by atomic mass is 14.9. The molecule has 3 heteroatoms. The van der Waals surface area contributed by atoms with Gasteiger partial charge in [0.15, 0.2) is 0 Å². The summed E-state index contributed by atoms with van der Waals surface area (Å²) in [5.74, 6) is 0. The van der Waals surface area contributed by atoms with Gasteiger partial charge in [-0.1, -0.05) is 18.2 Å². The Morgan fingerprint density at radius 3 is 2.81 bits per heavy atom. The summed E-state index contributed by atoms with van der Waals surface area (Å²) in [6.07, 6.45) is 4.45. The van der Waals surface area contributed by atoms with Gasteiger partial charge in [0, 0.05) is 23.6 Å². The molecule has 1 aromatic heterocycles. The van der Waals surface area contributed by atoms with Gasteiger partial charge in [0.2, 0.25) is 0 Å². The maximum Gasteiger partial charge on any atom is 0.0597 e. The van der Waals surface area contributed by atoms with Crippen molar-refractivity contribution < 1.29 is 0 Å². The van der Waals surface area contributed by atoms with Crippen LogP contribution in [-0.4, -0.2) is 25.1 Å². The van der Waals surface area contributed by atoms with Crippen LogP contribution in [-0.2, 0) is 0 Å². The Bertz CT molecular complexity index is 433. The zero-order chi connectivity index (χ0) is 11.2. The number of rotatable bonds is 6. The lowest BCUT2D eigenvalue weighted by molar-refractivity contribution is 0.695. The van der Waals surface area contributed by atoms with Gasteiger partial charge in [0.05, 0.1) is 5.69 Å². The van der Waals surface area contributed by atoms with E-state index in [2.05, 4.69) is 39.9 Å². The molecule has 1 aromatic carbocycles. The van der Waals surface area contributed by atoms with Crippen LogP contribution in [0.25, 0.3) is 10.9 Å². The van der Waals surface area contributed by atoms with E-state index in [1.807, 2.05) is 13.2 Å². The molecular formula is C13H19N3. The average Bonchev–Trinajstić information content (AvgIpc) is 2.73. The first-order chi connectivity index (χ1) is 7.92. The molecule has 2 rings (SSSR count). The highest BCUT2D eigenvalue weighted by Gasteiger charge is 2.00. The zero-order valence-corrected chi connectivity index (χ0v) is 9.72. The lowest BCUT2D eigenvalue weighted by Crippen LogP contribution is -2.09. The van der Waals surface area contributed by atoms with Gasteiger partial charge >= 0.3 is 0 Å². The number of nitrogens with one attached hydrogen (secondary N) is 3. The van der Waals surface area contributed by atoms with E-state index < -0.39 is 0 Å². The summed E-state index contributed by atoms with van der Waals surface area (Å²) < 4.78 is 0. The number of benzene rings is 1. The number of hydrogen-bond donors (Lipinski definition) is 3. The summed E-state index contributed by atoms with van der Waals surface area (Å²) in [5, 5.41) is 7.90. The normalized spacial score (nSPS) is 10.8. The van der Waals surface area contributed by atoms with Crippen LogP contribution < -0.4 is 10.6 Å². The van der Waals surface area contributed by atoms with E-state index in [4.69, 9.17) is 0 Å². The fourth-order valence-electron chi connectivity index (χ4n) is 1.87. The Kier molecular flexibility index (Phi) is 3.83. The average molecular weight is 217 g/mol. The molecule has 0 spiro atoms. The second-order valence-corrected chi connectivity index (χ2v) is 3.99. The molecule has 0 unspecified atom stereocenters. The van der Waals surface area contributed by atoms with Crippen LogP contribution in [0, 0.1) is 0 Å². The molecule has 1 heterocycles. The van der Waals surface area contributed by atoms with Crippen molar-refractivity contribution in [1.82, 2.24) is 10.3 Å². The van der Waals surface area contributed by atoms with Crippen molar-refractivity contribution in [2.45, 2.75) is 12.8 Å². The van der Waals surface area contributed by atoms with Gasteiger partial charge in [-0.2, -0.15) is 0 Å². The molecule has 3 nitrogen and oxygen atoms in total. The number of anilines is 1. The fraction of sp³-hybridized carbons (Fsp3) is 0.385. The fourth-order valence-corrected chi connectivity index (χ4v) is 1.87. The van der Waals surface area contributed by atoms with Crippen molar-refractivity contribution in [1.29, 1.82) is 0 Å². The minimum absolute atomic E-state index is 1.03. The number of H-pyrrole nitrogens is 1. The van der Waals surface area contributed by atoms with Gasteiger partial charge in [0.25, 0.3) is 0 Å². The van der Waals surface area contributed by atoms with E-state index >= 15 is 0 Å². The van der Waals surface area contributed by atoms with Crippen LogP contribution in [0.1, 0.15) is 12.8 Å². The monoisotopic (exact) mass is 217 g/mol. The summed E-state index contributed by atoms with van der Waals surface area (Å²) in [5.41, 5.74) is 2.40. The largest absolute Gasteiger partial charge is 0.383 e. The highest BCUT2D eigenvalue weighted by molar-refractivity contribution is 5.92. The third-order valence-corrected chi connectivity index (χ3v) is 2.76. The molecule has 2 aromatic rings. The predicted molar refractivity (Wildman–Crippen MR) is 69.9 cm³/mol. The SMILES string of the molecule is CNCCCCNc1c[nH]c2ccccc12. The third kappa shape index (κ3) is 2.55. The van der Waals surface area contributed by atoms with Crippen molar-refractivity contribution in [3.8, 4) is 0 Å². The maximum absolute atomic E-state index is 3.47.